The number of carbonyl (C=O) groups excluding carboxylic acids is 2. The maximum Gasteiger partial charge on any atom is 0.264 e. The van der Waals surface area contributed by atoms with Crippen LogP contribution in [0.3, 0.4) is 0 Å². The van der Waals surface area contributed by atoms with Crippen LogP contribution >= 0.6 is 23.2 Å². The van der Waals surface area contributed by atoms with Gasteiger partial charge >= 0.3 is 0 Å². The number of aryl methyl sites for hydroxylation is 1. The fourth-order valence-corrected chi connectivity index (χ4v) is 6.87. The Labute approximate surface area is 280 Å². The van der Waals surface area contributed by atoms with E-state index in [0.29, 0.717) is 40.2 Å². The average molecular weight is 683 g/mol. The van der Waals surface area contributed by atoms with Crippen molar-refractivity contribution in [3.05, 3.63) is 124 Å². The van der Waals surface area contributed by atoms with E-state index in [4.69, 9.17) is 27.9 Å². The molecule has 2 amide bonds. The molecule has 0 saturated heterocycles. The standard InChI is InChI=1S/C35H37Cl2N3O5S/c1-4-38-35(42)33(22-26-10-7-6-8-11-26)39(23-30-31(36)12-9-13-32(30)37)34(41)24-40(27-16-14-25(3)15-17-27)46(43,44)29-20-18-28(19-21-29)45-5-2/h6-21,33H,4-5,22-24H2,1-3H3,(H,38,42). The lowest BCUT2D eigenvalue weighted by molar-refractivity contribution is -0.140. The predicted molar refractivity (Wildman–Crippen MR) is 183 cm³/mol. The Bertz CT molecular complexity index is 1710. The van der Waals surface area contributed by atoms with Crippen LogP contribution in [0.25, 0.3) is 0 Å². The van der Waals surface area contributed by atoms with E-state index in [1.807, 2.05) is 44.2 Å². The number of anilines is 1. The van der Waals surface area contributed by atoms with E-state index in [1.165, 1.54) is 17.0 Å². The Morgan fingerprint density at radius 3 is 2.07 bits per heavy atom. The van der Waals surface area contributed by atoms with Crippen molar-refractivity contribution >= 4 is 50.7 Å². The smallest absolute Gasteiger partial charge is 0.264 e. The Hall–Kier alpha value is -4.05. The number of likely N-dealkylation sites (N-methyl/N-ethyl adjacent to an activating group) is 1. The third kappa shape index (κ3) is 8.60. The van der Waals surface area contributed by atoms with Crippen LogP contribution in [0.1, 0.15) is 30.5 Å². The molecule has 8 nitrogen and oxygen atoms in total. The Kier molecular flexibility index (Phi) is 12.1. The minimum atomic E-state index is -4.25. The number of sulfonamides is 1. The van der Waals surface area contributed by atoms with Crippen LogP contribution in [0.4, 0.5) is 5.69 Å². The second-order valence-corrected chi connectivity index (χ2v) is 13.3. The number of ether oxygens (including phenoxy) is 1. The molecule has 0 aliphatic carbocycles. The molecule has 0 aliphatic rings. The van der Waals surface area contributed by atoms with E-state index in [-0.39, 0.29) is 23.8 Å². The molecule has 0 heterocycles. The average Bonchev–Trinajstić information content (AvgIpc) is 3.04. The van der Waals surface area contributed by atoms with Gasteiger partial charge in [-0.15, -0.1) is 0 Å². The predicted octanol–water partition coefficient (Wildman–Crippen LogP) is 6.67. The van der Waals surface area contributed by atoms with E-state index in [0.717, 1.165) is 15.4 Å². The van der Waals surface area contributed by atoms with Gasteiger partial charge in [-0.05, 0) is 74.9 Å². The highest BCUT2D eigenvalue weighted by molar-refractivity contribution is 7.92. The van der Waals surface area contributed by atoms with Gasteiger partial charge in [-0.3, -0.25) is 13.9 Å². The first kappa shape index (κ1) is 34.8. The number of nitrogens with one attached hydrogen (secondary N) is 1. The molecule has 4 aromatic rings. The molecule has 0 radical (unpaired) electrons. The molecular weight excluding hydrogens is 645 g/mol. The number of hydrogen-bond acceptors (Lipinski definition) is 5. The number of benzene rings is 4. The topological polar surface area (TPSA) is 96.0 Å². The number of nitrogens with zero attached hydrogens (tertiary/aromatic N) is 2. The van der Waals surface area contributed by atoms with E-state index < -0.39 is 28.5 Å². The zero-order valence-electron chi connectivity index (χ0n) is 26.0. The van der Waals surface area contributed by atoms with Crippen molar-refractivity contribution in [2.75, 3.05) is 24.0 Å². The summed E-state index contributed by atoms with van der Waals surface area (Å²) in [4.78, 5) is 29.5. The molecule has 0 spiro atoms. The van der Waals surface area contributed by atoms with Gasteiger partial charge in [0.1, 0.15) is 18.3 Å². The molecule has 1 unspecified atom stereocenters. The minimum Gasteiger partial charge on any atom is -0.494 e. The summed E-state index contributed by atoms with van der Waals surface area (Å²) < 4.78 is 35.0. The fraction of sp³-hybridized carbons (Fsp3) is 0.257. The Balaban J connectivity index is 1.81. The first-order chi connectivity index (χ1) is 22.0. The fourth-order valence-electron chi connectivity index (χ4n) is 4.94. The summed E-state index contributed by atoms with van der Waals surface area (Å²) in [6.45, 7) is 5.55. The molecule has 0 aliphatic heterocycles. The molecule has 1 atom stereocenters. The molecule has 242 valence electrons. The van der Waals surface area contributed by atoms with Crippen LogP contribution in [0.15, 0.2) is 102 Å². The maximum absolute atomic E-state index is 14.5. The number of carbonyl (C=O) groups is 2. The number of hydrogen-bond donors (Lipinski definition) is 1. The third-order valence-corrected chi connectivity index (χ3v) is 9.83. The largest absolute Gasteiger partial charge is 0.494 e. The summed E-state index contributed by atoms with van der Waals surface area (Å²) in [5.41, 5.74) is 2.47. The highest BCUT2D eigenvalue weighted by Gasteiger charge is 2.35. The van der Waals surface area contributed by atoms with E-state index in [2.05, 4.69) is 5.32 Å². The lowest BCUT2D eigenvalue weighted by atomic mass is 10.0. The molecule has 0 saturated carbocycles. The maximum atomic E-state index is 14.5. The number of amides is 2. The summed E-state index contributed by atoms with van der Waals surface area (Å²) in [5.74, 6) is -0.481. The van der Waals surface area contributed by atoms with Crippen molar-refractivity contribution in [3.63, 3.8) is 0 Å². The van der Waals surface area contributed by atoms with Crippen molar-refractivity contribution in [2.24, 2.45) is 0 Å². The summed E-state index contributed by atoms with van der Waals surface area (Å²) in [7, 11) is -4.25. The van der Waals surface area contributed by atoms with Crippen LogP contribution in [-0.4, -0.2) is 50.9 Å². The minimum absolute atomic E-state index is 0.0189. The van der Waals surface area contributed by atoms with Crippen molar-refractivity contribution < 1.29 is 22.7 Å². The van der Waals surface area contributed by atoms with Crippen molar-refractivity contribution in [1.82, 2.24) is 10.2 Å². The van der Waals surface area contributed by atoms with Crippen LogP contribution < -0.4 is 14.4 Å². The molecular formula is C35H37Cl2N3O5S. The van der Waals surface area contributed by atoms with Crippen molar-refractivity contribution in [3.8, 4) is 5.75 Å². The van der Waals surface area contributed by atoms with Gasteiger partial charge in [0, 0.05) is 35.1 Å². The number of rotatable bonds is 14. The summed E-state index contributed by atoms with van der Waals surface area (Å²) >= 11 is 13.1. The SMILES string of the molecule is CCNC(=O)C(Cc1ccccc1)N(Cc1c(Cl)cccc1Cl)C(=O)CN(c1ccc(C)cc1)S(=O)(=O)c1ccc(OCC)cc1. The van der Waals surface area contributed by atoms with Crippen molar-refractivity contribution in [1.29, 1.82) is 0 Å². The highest BCUT2D eigenvalue weighted by Crippen LogP contribution is 2.29. The highest BCUT2D eigenvalue weighted by atomic mass is 35.5. The van der Waals surface area contributed by atoms with Gasteiger partial charge in [0.2, 0.25) is 11.8 Å². The Morgan fingerprint density at radius 2 is 1.48 bits per heavy atom. The summed E-state index contributed by atoms with van der Waals surface area (Å²) in [6.07, 6.45) is 0.177. The van der Waals surface area contributed by atoms with Crippen molar-refractivity contribution in [2.45, 2.75) is 44.7 Å². The first-order valence-electron chi connectivity index (χ1n) is 14.9. The first-order valence-corrected chi connectivity index (χ1v) is 17.1. The zero-order valence-corrected chi connectivity index (χ0v) is 28.3. The summed E-state index contributed by atoms with van der Waals surface area (Å²) in [5, 5.41) is 3.47. The molecule has 4 aromatic carbocycles. The number of halogens is 2. The van der Waals surface area contributed by atoms with E-state index >= 15 is 0 Å². The molecule has 1 N–H and O–H groups in total. The van der Waals surface area contributed by atoms with Crippen LogP contribution in [0.2, 0.25) is 10.0 Å². The lowest BCUT2D eigenvalue weighted by Crippen LogP contribution is -2.53. The van der Waals surface area contributed by atoms with Gasteiger partial charge in [-0.2, -0.15) is 0 Å². The van der Waals surface area contributed by atoms with Gasteiger partial charge in [-0.1, -0.05) is 77.3 Å². The van der Waals surface area contributed by atoms with Crippen LogP contribution in [0, 0.1) is 6.92 Å². The molecule has 0 fully saturated rings. The molecule has 11 heteroatoms. The third-order valence-electron chi connectivity index (χ3n) is 7.34. The molecule has 4 rings (SSSR count). The molecule has 0 aromatic heterocycles. The van der Waals surface area contributed by atoms with E-state index in [9.17, 15) is 18.0 Å². The second-order valence-electron chi connectivity index (χ2n) is 10.6. The lowest BCUT2D eigenvalue weighted by Gasteiger charge is -2.34. The van der Waals surface area contributed by atoms with Gasteiger partial charge in [0.25, 0.3) is 10.0 Å². The van der Waals surface area contributed by atoms with Gasteiger partial charge in [-0.25, -0.2) is 8.42 Å². The normalized spacial score (nSPS) is 11.8. The molecule has 46 heavy (non-hydrogen) atoms. The van der Waals surface area contributed by atoms with E-state index in [1.54, 1.807) is 61.5 Å². The van der Waals surface area contributed by atoms with Gasteiger partial charge < -0.3 is 15.0 Å². The molecule has 0 bridgehead atoms. The summed E-state index contributed by atoms with van der Waals surface area (Å²) in [6, 6.07) is 26.2. The van der Waals surface area contributed by atoms with Gasteiger partial charge in [0.15, 0.2) is 0 Å². The monoisotopic (exact) mass is 681 g/mol. The van der Waals surface area contributed by atoms with Gasteiger partial charge in [0.05, 0.1) is 17.2 Å². The second kappa shape index (κ2) is 16.0. The quantitative estimate of drug-likeness (QED) is 0.160. The van der Waals surface area contributed by atoms with Crippen LogP contribution in [-0.2, 0) is 32.6 Å². The zero-order chi connectivity index (χ0) is 33.3. The Morgan fingerprint density at radius 1 is 0.848 bits per heavy atom. The van der Waals surface area contributed by atoms with Crippen LogP contribution in [0.5, 0.6) is 5.75 Å².